The lowest BCUT2D eigenvalue weighted by atomic mass is 10.1. The third kappa shape index (κ3) is 4.93. The molecule has 5 heteroatoms. The van der Waals surface area contributed by atoms with E-state index in [0.717, 1.165) is 5.56 Å². The number of hydrogen-bond donors (Lipinski definition) is 3. The Hall–Kier alpha value is -1.46. The van der Waals surface area contributed by atoms with E-state index in [-0.39, 0.29) is 17.6 Å². The first-order valence-electron chi connectivity index (χ1n) is 5.40. The molecule has 17 heavy (non-hydrogen) atoms. The number of aryl methyl sites for hydroxylation is 1. The van der Waals surface area contributed by atoms with Gasteiger partial charge in [-0.1, -0.05) is 17.7 Å². The highest BCUT2D eigenvalue weighted by Gasteiger charge is 2.06. The molecule has 1 amide bonds. The van der Waals surface area contributed by atoms with Gasteiger partial charge in [-0.3, -0.25) is 10.1 Å². The summed E-state index contributed by atoms with van der Waals surface area (Å²) in [5.41, 5.74) is 1.67. The zero-order valence-corrected chi connectivity index (χ0v) is 10.5. The molecule has 1 aromatic carbocycles. The monoisotopic (exact) mass is 252 g/mol. The standard InChI is InChI=1S/C12H16N2O2S/c1-9-3-5-10(6-4-9)11(16)14-12(17)13-7-2-8-15/h3-6,15H,2,7-8H2,1H3,(H2,13,14,16,17). The zero-order chi connectivity index (χ0) is 12.7. The molecule has 0 aliphatic heterocycles. The van der Waals surface area contributed by atoms with E-state index in [4.69, 9.17) is 17.3 Å². The molecular formula is C12H16N2O2S. The zero-order valence-electron chi connectivity index (χ0n) is 9.69. The Balaban J connectivity index is 2.43. The maximum Gasteiger partial charge on any atom is 0.257 e. The van der Waals surface area contributed by atoms with Gasteiger partial charge in [0.15, 0.2) is 5.11 Å². The van der Waals surface area contributed by atoms with Crippen LogP contribution in [-0.4, -0.2) is 29.3 Å². The summed E-state index contributed by atoms with van der Waals surface area (Å²) < 4.78 is 0. The topological polar surface area (TPSA) is 61.4 Å². The number of carbonyl (C=O) groups excluding carboxylic acids is 1. The van der Waals surface area contributed by atoms with Gasteiger partial charge in [-0.2, -0.15) is 0 Å². The highest BCUT2D eigenvalue weighted by atomic mass is 32.1. The highest BCUT2D eigenvalue weighted by Crippen LogP contribution is 2.02. The molecule has 0 atom stereocenters. The summed E-state index contributed by atoms with van der Waals surface area (Å²) in [7, 11) is 0. The number of rotatable bonds is 4. The van der Waals surface area contributed by atoms with Crippen molar-refractivity contribution in [3.8, 4) is 0 Å². The lowest BCUT2D eigenvalue weighted by Gasteiger charge is -2.08. The van der Waals surface area contributed by atoms with Crippen LogP contribution in [0.1, 0.15) is 22.3 Å². The number of hydrogen-bond acceptors (Lipinski definition) is 3. The van der Waals surface area contributed by atoms with Crippen molar-refractivity contribution in [2.75, 3.05) is 13.2 Å². The van der Waals surface area contributed by atoms with Crippen LogP contribution in [0.15, 0.2) is 24.3 Å². The van der Waals surface area contributed by atoms with E-state index in [1.807, 2.05) is 19.1 Å². The fourth-order valence-corrected chi connectivity index (χ4v) is 1.40. The number of aliphatic hydroxyl groups is 1. The van der Waals surface area contributed by atoms with E-state index in [2.05, 4.69) is 10.6 Å². The maximum absolute atomic E-state index is 11.7. The average Bonchev–Trinajstić information content (AvgIpc) is 2.30. The molecule has 0 unspecified atom stereocenters. The Morgan fingerprint density at radius 3 is 2.59 bits per heavy atom. The number of nitrogens with one attached hydrogen (secondary N) is 2. The summed E-state index contributed by atoms with van der Waals surface area (Å²) in [5.74, 6) is -0.230. The predicted octanol–water partition coefficient (Wildman–Crippen LogP) is 0.982. The molecule has 0 aliphatic rings. The van der Waals surface area contributed by atoms with Crippen molar-refractivity contribution in [1.82, 2.24) is 10.6 Å². The van der Waals surface area contributed by atoms with Crippen LogP contribution in [0.2, 0.25) is 0 Å². The molecule has 92 valence electrons. The summed E-state index contributed by atoms with van der Waals surface area (Å²) in [5, 5.41) is 14.3. The molecule has 4 nitrogen and oxygen atoms in total. The Kier molecular flexibility index (Phi) is 5.59. The molecule has 0 heterocycles. The van der Waals surface area contributed by atoms with Gasteiger partial charge in [-0.05, 0) is 37.7 Å². The van der Waals surface area contributed by atoms with E-state index in [1.165, 1.54) is 0 Å². The van der Waals surface area contributed by atoms with Gasteiger partial charge in [0.1, 0.15) is 0 Å². The molecule has 0 aromatic heterocycles. The van der Waals surface area contributed by atoms with Crippen LogP contribution in [0, 0.1) is 6.92 Å². The minimum Gasteiger partial charge on any atom is -0.396 e. The van der Waals surface area contributed by atoms with Crippen LogP contribution in [0.4, 0.5) is 0 Å². The molecule has 0 bridgehead atoms. The number of thiocarbonyl (C=S) groups is 1. The van der Waals surface area contributed by atoms with Gasteiger partial charge in [0.2, 0.25) is 0 Å². The van der Waals surface area contributed by atoms with Crippen LogP contribution in [0.5, 0.6) is 0 Å². The maximum atomic E-state index is 11.7. The summed E-state index contributed by atoms with van der Waals surface area (Å²) in [6, 6.07) is 7.25. The fraction of sp³-hybridized carbons (Fsp3) is 0.333. The average molecular weight is 252 g/mol. The van der Waals surface area contributed by atoms with Crippen molar-refractivity contribution >= 4 is 23.2 Å². The van der Waals surface area contributed by atoms with Crippen molar-refractivity contribution in [1.29, 1.82) is 0 Å². The van der Waals surface area contributed by atoms with Crippen LogP contribution < -0.4 is 10.6 Å². The third-order valence-corrected chi connectivity index (χ3v) is 2.41. The number of aliphatic hydroxyl groups excluding tert-OH is 1. The molecule has 0 radical (unpaired) electrons. The molecule has 1 rings (SSSR count). The van der Waals surface area contributed by atoms with E-state index in [0.29, 0.717) is 18.5 Å². The number of benzene rings is 1. The van der Waals surface area contributed by atoms with Gasteiger partial charge < -0.3 is 10.4 Å². The second kappa shape index (κ2) is 6.98. The van der Waals surface area contributed by atoms with E-state index >= 15 is 0 Å². The SMILES string of the molecule is Cc1ccc(C(=O)NC(=S)NCCCO)cc1. The number of amides is 1. The van der Waals surface area contributed by atoms with Crippen molar-refractivity contribution in [2.45, 2.75) is 13.3 Å². The lowest BCUT2D eigenvalue weighted by Crippen LogP contribution is -2.39. The van der Waals surface area contributed by atoms with Gasteiger partial charge in [0.05, 0.1) is 0 Å². The quantitative estimate of drug-likeness (QED) is 0.552. The molecule has 1 aromatic rings. The second-order valence-corrected chi connectivity index (χ2v) is 4.06. The summed E-state index contributed by atoms with van der Waals surface area (Å²) >= 11 is 4.94. The van der Waals surface area contributed by atoms with Gasteiger partial charge in [-0.25, -0.2) is 0 Å². The first-order chi connectivity index (χ1) is 8.13. The molecule has 0 aliphatic carbocycles. The summed E-state index contributed by atoms with van der Waals surface area (Å²) in [4.78, 5) is 11.7. The smallest absolute Gasteiger partial charge is 0.257 e. The van der Waals surface area contributed by atoms with Crippen molar-refractivity contribution < 1.29 is 9.90 Å². The Bertz CT molecular complexity index is 390. The normalized spacial score (nSPS) is 9.76. The first kappa shape index (κ1) is 13.6. The van der Waals surface area contributed by atoms with Crippen LogP contribution in [0.25, 0.3) is 0 Å². The fourth-order valence-electron chi connectivity index (χ4n) is 1.21. The van der Waals surface area contributed by atoms with E-state index < -0.39 is 0 Å². The van der Waals surface area contributed by atoms with Gasteiger partial charge >= 0.3 is 0 Å². The second-order valence-electron chi connectivity index (χ2n) is 3.65. The van der Waals surface area contributed by atoms with Crippen LogP contribution in [0.3, 0.4) is 0 Å². The molecular weight excluding hydrogens is 236 g/mol. The van der Waals surface area contributed by atoms with Crippen LogP contribution >= 0.6 is 12.2 Å². The van der Waals surface area contributed by atoms with Crippen molar-refractivity contribution in [2.24, 2.45) is 0 Å². The minimum atomic E-state index is -0.230. The van der Waals surface area contributed by atoms with Crippen LogP contribution in [-0.2, 0) is 0 Å². The third-order valence-electron chi connectivity index (χ3n) is 2.16. The largest absolute Gasteiger partial charge is 0.396 e. The summed E-state index contributed by atoms with van der Waals surface area (Å²) in [6.07, 6.45) is 0.598. The number of carbonyl (C=O) groups is 1. The summed E-state index contributed by atoms with van der Waals surface area (Å²) in [6.45, 7) is 2.60. The van der Waals surface area contributed by atoms with Crippen molar-refractivity contribution in [3.63, 3.8) is 0 Å². The Morgan fingerprint density at radius 1 is 1.35 bits per heavy atom. The van der Waals surface area contributed by atoms with E-state index in [1.54, 1.807) is 12.1 Å². The Morgan fingerprint density at radius 2 is 2.00 bits per heavy atom. The molecule has 3 N–H and O–H groups in total. The van der Waals surface area contributed by atoms with E-state index in [9.17, 15) is 4.79 Å². The minimum absolute atomic E-state index is 0.0987. The highest BCUT2D eigenvalue weighted by molar-refractivity contribution is 7.80. The predicted molar refractivity (Wildman–Crippen MR) is 70.9 cm³/mol. The van der Waals surface area contributed by atoms with Gasteiger partial charge in [-0.15, -0.1) is 0 Å². The molecule has 0 saturated carbocycles. The lowest BCUT2D eigenvalue weighted by molar-refractivity contribution is 0.0976. The van der Waals surface area contributed by atoms with Gasteiger partial charge in [0, 0.05) is 18.7 Å². The van der Waals surface area contributed by atoms with Gasteiger partial charge in [0.25, 0.3) is 5.91 Å². The first-order valence-corrected chi connectivity index (χ1v) is 5.81. The van der Waals surface area contributed by atoms with Crippen molar-refractivity contribution in [3.05, 3.63) is 35.4 Å². The molecule has 0 fully saturated rings. The molecule has 0 saturated heterocycles. The Labute approximate surface area is 106 Å². The molecule has 0 spiro atoms.